The molecule has 0 spiro atoms. The van der Waals surface area contributed by atoms with Gasteiger partial charge in [0, 0.05) is 21.7 Å². The molecule has 0 aliphatic heterocycles. The van der Waals surface area contributed by atoms with Crippen LogP contribution in [0.5, 0.6) is 0 Å². The molecule has 1 unspecified atom stereocenters. The van der Waals surface area contributed by atoms with Crippen LogP contribution < -0.4 is 0 Å². The molecule has 0 amide bonds. The molecule has 0 aromatic heterocycles. The van der Waals surface area contributed by atoms with E-state index in [0.717, 1.165) is 6.92 Å². The predicted molar refractivity (Wildman–Crippen MR) is 51.7 cm³/mol. The van der Waals surface area contributed by atoms with E-state index in [1.165, 1.54) is 0 Å². The van der Waals surface area contributed by atoms with Crippen LogP contribution >= 0.6 is 0 Å². The standard InChI is InChI=1S/C9H16F3N2.Ti/c1-5-8(13-6(2)3)14-7(4)9(10,11)12;/h6-7H,5H2,1-4H3;/q-1;. The van der Waals surface area contributed by atoms with Crippen LogP contribution in [0.2, 0.25) is 0 Å². The van der Waals surface area contributed by atoms with Gasteiger partial charge in [-0.1, -0.05) is 33.5 Å². The molecule has 2 nitrogen and oxygen atoms in total. The zero-order valence-corrected chi connectivity index (χ0v) is 11.0. The fourth-order valence-corrected chi connectivity index (χ4v) is 0.811. The van der Waals surface area contributed by atoms with Crippen LogP contribution in [0.25, 0.3) is 5.32 Å². The molecule has 0 aromatic carbocycles. The van der Waals surface area contributed by atoms with Gasteiger partial charge in [0.2, 0.25) is 0 Å². The average molecular weight is 257 g/mol. The summed E-state index contributed by atoms with van der Waals surface area (Å²) in [5.74, 6) is 0.282. The Morgan fingerprint density at radius 3 is 2.00 bits per heavy atom. The Hall–Kier alpha value is -0.0257. The van der Waals surface area contributed by atoms with E-state index in [9.17, 15) is 13.2 Å². The molecule has 0 saturated heterocycles. The van der Waals surface area contributed by atoms with Gasteiger partial charge in [-0.25, -0.2) is 0 Å². The van der Waals surface area contributed by atoms with Crippen molar-refractivity contribution >= 4 is 5.84 Å². The third-order valence-corrected chi connectivity index (χ3v) is 1.54. The van der Waals surface area contributed by atoms with E-state index in [0.29, 0.717) is 6.42 Å². The summed E-state index contributed by atoms with van der Waals surface area (Å²) < 4.78 is 36.4. The average Bonchev–Trinajstić information content (AvgIpc) is 2.00. The molecule has 0 N–H and O–H groups in total. The van der Waals surface area contributed by atoms with Crippen LogP contribution in [0.1, 0.15) is 34.1 Å². The molecular weight excluding hydrogens is 241 g/mol. The van der Waals surface area contributed by atoms with E-state index in [4.69, 9.17) is 0 Å². The van der Waals surface area contributed by atoms with Gasteiger partial charge in [0.1, 0.15) is 0 Å². The van der Waals surface area contributed by atoms with E-state index in [-0.39, 0.29) is 33.6 Å². The summed E-state index contributed by atoms with van der Waals surface area (Å²) in [6.45, 7) is 6.40. The number of nitrogens with zero attached hydrogens (tertiary/aromatic N) is 2. The van der Waals surface area contributed by atoms with Crippen LogP contribution in [-0.2, 0) is 21.7 Å². The molecule has 0 heterocycles. The van der Waals surface area contributed by atoms with Gasteiger partial charge in [-0.3, -0.25) is 0 Å². The number of aliphatic imine (C=N–C) groups is 1. The van der Waals surface area contributed by atoms with Crippen LogP contribution in [0, 0.1) is 0 Å². The Morgan fingerprint density at radius 1 is 1.27 bits per heavy atom. The van der Waals surface area contributed by atoms with Crippen molar-refractivity contribution in [2.75, 3.05) is 0 Å². The van der Waals surface area contributed by atoms with Crippen LogP contribution in [0.15, 0.2) is 4.99 Å². The topological polar surface area (TPSA) is 26.5 Å². The number of amidine groups is 1. The molecule has 88 valence electrons. The predicted octanol–water partition coefficient (Wildman–Crippen LogP) is 3.53. The first-order valence-corrected chi connectivity index (χ1v) is 4.61. The van der Waals surface area contributed by atoms with Crippen molar-refractivity contribution in [2.45, 2.75) is 52.4 Å². The summed E-state index contributed by atoms with van der Waals surface area (Å²) in [4.78, 5) is 4.00. The second-order valence-electron chi connectivity index (χ2n) is 3.34. The molecule has 1 atom stereocenters. The van der Waals surface area contributed by atoms with Gasteiger partial charge in [0.15, 0.2) is 0 Å². The van der Waals surface area contributed by atoms with Gasteiger partial charge in [0.05, 0.1) is 6.04 Å². The van der Waals surface area contributed by atoms with Gasteiger partial charge in [-0.2, -0.15) is 13.2 Å². The number of hydrogen-bond acceptors (Lipinski definition) is 1. The molecule has 6 heteroatoms. The number of rotatable bonds is 3. The smallest absolute Gasteiger partial charge is 0.390 e. The Balaban J connectivity index is 0. The molecule has 0 aromatic rings. The van der Waals surface area contributed by atoms with Crippen LogP contribution in [-0.4, -0.2) is 24.1 Å². The zero-order chi connectivity index (χ0) is 11.4. The van der Waals surface area contributed by atoms with E-state index in [1.807, 2.05) is 13.8 Å². The summed E-state index contributed by atoms with van der Waals surface area (Å²) >= 11 is 0. The molecular formula is C9H16F3N2Ti-. The van der Waals surface area contributed by atoms with Crippen molar-refractivity contribution < 1.29 is 34.9 Å². The monoisotopic (exact) mass is 257 g/mol. The SMILES string of the molecule is CCC(=NC(C)C)[N-]C(C)C(F)(F)F.[Ti]. The first-order valence-electron chi connectivity index (χ1n) is 4.61. The Kier molecular flexibility index (Phi) is 8.43. The maximum Gasteiger partial charge on any atom is 0.390 e. The molecule has 0 saturated carbocycles. The maximum absolute atomic E-state index is 12.1. The van der Waals surface area contributed by atoms with Gasteiger partial charge < -0.3 is 10.3 Å². The quantitative estimate of drug-likeness (QED) is 0.420. The van der Waals surface area contributed by atoms with Crippen molar-refractivity contribution in [3.8, 4) is 0 Å². The summed E-state index contributed by atoms with van der Waals surface area (Å²) in [6.07, 6.45) is -3.84. The largest absolute Gasteiger partial charge is 0.466 e. The van der Waals surface area contributed by atoms with Crippen molar-refractivity contribution in [2.24, 2.45) is 4.99 Å². The van der Waals surface area contributed by atoms with Crippen LogP contribution in [0.3, 0.4) is 0 Å². The normalized spacial score (nSPS) is 14.8. The third-order valence-electron chi connectivity index (χ3n) is 1.54. The maximum atomic E-state index is 12.1. The number of halogens is 3. The molecule has 15 heavy (non-hydrogen) atoms. The fourth-order valence-electron chi connectivity index (χ4n) is 0.811. The minimum absolute atomic E-state index is 0. The van der Waals surface area contributed by atoms with Crippen molar-refractivity contribution in [1.29, 1.82) is 0 Å². The minimum atomic E-state index is -4.27. The summed E-state index contributed by atoms with van der Waals surface area (Å²) in [6, 6.07) is -1.69. The van der Waals surface area contributed by atoms with E-state index >= 15 is 0 Å². The molecule has 0 radical (unpaired) electrons. The first kappa shape index (κ1) is 17.4. The Morgan fingerprint density at radius 2 is 1.73 bits per heavy atom. The number of hydrogen-bond donors (Lipinski definition) is 0. The fraction of sp³-hybridized carbons (Fsp3) is 0.889. The van der Waals surface area contributed by atoms with Crippen LogP contribution in [0.4, 0.5) is 13.2 Å². The zero-order valence-electron chi connectivity index (χ0n) is 9.39. The van der Waals surface area contributed by atoms with E-state index < -0.39 is 12.2 Å². The molecule has 0 bridgehead atoms. The Bertz CT molecular complexity index is 202. The first-order chi connectivity index (χ1) is 6.27. The van der Waals surface area contributed by atoms with Gasteiger partial charge in [0.25, 0.3) is 0 Å². The van der Waals surface area contributed by atoms with Crippen molar-refractivity contribution in [1.82, 2.24) is 0 Å². The van der Waals surface area contributed by atoms with E-state index in [1.54, 1.807) is 6.92 Å². The van der Waals surface area contributed by atoms with Crippen molar-refractivity contribution in [3.05, 3.63) is 5.32 Å². The van der Waals surface area contributed by atoms with Gasteiger partial charge >= 0.3 is 6.18 Å². The Labute approximate surface area is 104 Å². The second-order valence-corrected chi connectivity index (χ2v) is 3.34. The number of alkyl halides is 3. The van der Waals surface area contributed by atoms with Gasteiger partial charge in [-0.05, 0) is 12.5 Å². The van der Waals surface area contributed by atoms with Crippen molar-refractivity contribution in [3.63, 3.8) is 0 Å². The van der Waals surface area contributed by atoms with E-state index in [2.05, 4.69) is 10.3 Å². The summed E-state index contributed by atoms with van der Waals surface area (Å²) in [5.41, 5.74) is 0. The molecule has 0 rings (SSSR count). The summed E-state index contributed by atoms with van der Waals surface area (Å²) in [7, 11) is 0. The molecule has 0 aliphatic rings. The second kappa shape index (κ2) is 7.28. The third kappa shape index (κ3) is 7.85. The minimum Gasteiger partial charge on any atom is -0.466 e. The molecule has 0 fully saturated rings. The molecule has 0 aliphatic carbocycles. The summed E-state index contributed by atoms with van der Waals surface area (Å²) in [5, 5.41) is 3.53. The van der Waals surface area contributed by atoms with Gasteiger partial charge in [-0.15, -0.1) is 0 Å².